The van der Waals surface area contributed by atoms with Crippen molar-refractivity contribution >= 4 is 15.9 Å². The molecule has 0 saturated heterocycles. The van der Waals surface area contributed by atoms with Crippen LogP contribution in [0.25, 0.3) is 0 Å². The van der Waals surface area contributed by atoms with E-state index in [4.69, 9.17) is 10.5 Å². The van der Waals surface area contributed by atoms with Crippen molar-refractivity contribution in [3.8, 4) is 0 Å². The normalized spacial score (nSPS) is 12.9. The Bertz CT molecular complexity index is 573. The number of ether oxygens (including phenoxy) is 1. The van der Waals surface area contributed by atoms with E-state index >= 15 is 0 Å². The number of sulfonamides is 1. The molecule has 0 heterocycles. The Labute approximate surface area is 124 Å². The van der Waals surface area contributed by atoms with Gasteiger partial charge in [0.25, 0.3) is 0 Å². The number of carbonyl (C=O) groups is 1. The number of carbonyl (C=O) groups excluding carboxylic acids is 1. The standard InChI is InChI=1S/C13H21N3O4S/c1-10(14)11-4-3-5-12(8-11)21(18,19)16-9-13(17)15-6-7-20-2/h3-5,8,10,16H,6-7,9,14H2,1-2H3,(H,15,17). The van der Waals surface area contributed by atoms with Gasteiger partial charge >= 0.3 is 0 Å². The van der Waals surface area contributed by atoms with Crippen molar-refractivity contribution in [2.75, 3.05) is 26.8 Å². The lowest BCUT2D eigenvalue weighted by molar-refractivity contribution is -0.120. The summed E-state index contributed by atoms with van der Waals surface area (Å²) in [6.45, 7) is 2.14. The van der Waals surface area contributed by atoms with E-state index in [0.717, 1.165) is 0 Å². The molecule has 0 radical (unpaired) electrons. The number of methoxy groups -OCH3 is 1. The Kier molecular flexibility index (Phi) is 6.76. The third-order valence-corrected chi connectivity index (χ3v) is 4.14. The van der Waals surface area contributed by atoms with Crippen LogP contribution in [0.1, 0.15) is 18.5 Å². The monoisotopic (exact) mass is 315 g/mol. The minimum Gasteiger partial charge on any atom is -0.383 e. The molecule has 0 aliphatic carbocycles. The zero-order chi connectivity index (χ0) is 15.9. The van der Waals surface area contributed by atoms with E-state index in [0.29, 0.717) is 18.7 Å². The van der Waals surface area contributed by atoms with Crippen LogP contribution in [-0.2, 0) is 19.6 Å². The summed E-state index contributed by atoms with van der Waals surface area (Å²) in [7, 11) is -2.23. The molecule has 8 heteroatoms. The molecule has 0 aliphatic rings. The SMILES string of the molecule is COCCNC(=O)CNS(=O)(=O)c1cccc(C(C)N)c1. The minimum atomic E-state index is -3.74. The van der Waals surface area contributed by atoms with Crippen molar-refractivity contribution in [1.82, 2.24) is 10.0 Å². The van der Waals surface area contributed by atoms with Gasteiger partial charge in [0.1, 0.15) is 0 Å². The van der Waals surface area contributed by atoms with Crippen molar-refractivity contribution < 1.29 is 17.9 Å². The lowest BCUT2D eigenvalue weighted by Gasteiger charge is -2.10. The number of hydrogen-bond donors (Lipinski definition) is 3. The summed E-state index contributed by atoms with van der Waals surface area (Å²) in [6.07, 6.45) is 0. The first kappa shape index (κ1) is 17.6. The Hall–Kier alpha value is -1.48. The van der Waals surface area contributed by atoms with Gasteiger partial charge in [0.15, 0.2) is 0 Å². The van der Waals surface area contributed by atoms with Crippen LogP contribution in [-0.4, -0.2) is 41.1 Å². The first-order valence-electron chi connectivity index (χ1n) is 6.47. The molecule has 1 amide bonds. The van der Waals surface area contributed by atoms with Gasteiger partial charge in [-0.05, 0) is 24.6 Å². The van der Waals surface area contributed by atoms with Crippen LogP contribution >= 0.6 is 0 Å². The summed E-state index contributed by atoms with van der Waals surface area (Å²) in [5.41, 5.74) is 6.44. The van der Waals surface area contributed by atoms with Crippen LogP contribution in [0.15, 0.2) is 29.2 Å². The van der Waals surface area contributed by atoms with Crippen LogP contribution in [0.3, 0.4) is 0 Å². The highest BCUT2D eigenvalue weighted by atomic mass is 32.2. The van der Waals surface area contributed by atoms with Gasteiger partial charge in [-0.3, -0.25) is 4.79 Å². The van der Waals surface area contributed by atoms with E-state index in [1.807, 2.05) is 0 Å². The lowest BCUT2D eigenvalue weighted by Crippen LogP contribution is -2.38. The summed E-state index contributed by atoms with van der Waals surface area (Å²) < 4.78 is 31.2. The molecule has 0 saturated carbocycles. The average Bonchev–Trinajstić information content (AvgIpc) is 2.45. The molecule has 4 N–H and O–H groups in total. The largest absolute Gasteiger partial charge is 0.383 e. The molecule has 0 aliphatic heterocycles. The highest BCUT2D eigenvalue weighted by molar-refractivity contribution is 7.89. The second-order valence-electron chi connectivity index (χ2n) is 4.53. The molecular weight excluding hydrogens is 294 g/mol. The van der Waals surface area contributed by atoms with Crippen molar-refractivity contribution in [2.45, 2.75) is 17.9 Å². The molecule has 21 heavy (non-hydrogen) atoms. The second-order valence-corrected chi connectivity index (χ2v) is 6.30. The fourth-order valence-corrected chi connectivity index (χ4v) is 2.60. The Morgan fingerprint density at radius 1 is 1.43 bits per heavy atom. The molecule has 1 aromatic carbocycles. The molecule has 1 rings (SSSR count). The zero-order valence-corrected chi connectivity index (χ0v) is 12.9. The van der Waals surface area contributed by atoms with E-state index in [9.17, 15) is 13.2 Å². The molecule has 7 nitrogen and oxygen atoms in total. The fraction of sp³-hybridized carbons (Fsp3) is 0.462. The van der Waals surface area contributed by atoms with E-state index < -0.39 is 15.9 Å². The molecule has 1 aromatic rings. The third-order valence-electron chi connectivity index (χ3n) is 2.75. The van der Waals surface area contributed by atoms with Crippen LogP contribution in [0.5, 0.6) is 0 Å². The van der Waals surface area contributed by atoms with Crippen LogP contribution in [0.4, 0.5) is 0 Å². The van der Waals surface area contributed by atoms with Gasteiger partial charge in [-0.15, -0.1) is 0 Å². The topological polar surface area (TPSA) is 111 Å². The van der Waals surface area contributed by atoms with E-state index in [2.05, 4.69) is 10.0 Å². The predicted molar refractivity (Wildman–Crippen MR) is 79.1 cm³/mol. The highest BCUT2D eigenvalue weighted by Crippen LogP contribution is 2.15. The summed E-state index contributed by atoms with van der Waals surface area (Å²) in [4.78, 5) is 11.5. The molecule has 1 atom stereocenters. The van der Waals surface area contributed by atoms with Crippen molar-refractivity contribution in [1.29, 1.82) is 0 Å². The number of benzene rings is 1. The predicted octanol–water partition coefficient (Wildman–Crippen LogP) is -0.253. The first-order valence-corrected chi connectivity index (χ1v) is 7.96. The lowest BCUT2D eigenvalue weighted by atomic mass is 10.1. The number of nitrogens with one attached hydrogen (secondary N) is 2. The van der Waals surface area contributed by atoms with Crippen LogP contribution in [0, 0.1) is 0 Å². The third kappa shape index (κ3) is 5.80. The number of nitrogens with two attached hydrogens (primary N) is 1. The number of hydrogen-bond acceptors (Lipinski definition) is 5. The quantitative estimate of drug-likeness (QED) is 0.573. The molecule has 0 fully saturated rings. The van der Waals surface area contributed by atoms with Crippen molar-refractivity contribution in [3.63, 3.8) is 0 Å². The van der Waals surface area contributed by atoms with Gasteiger partial charge in [-0.2, -0.15) is 0 Å². The molecule has 118 valence electrons. The van der Waals surface area contributed by atoms with E-state index in [1.165, 1.54) is 19.2 Å². The summed E-state index contributed by atoms with van der Waals surface area (Å²) in [5.74, 6) is -0.418. The Morgan fingerprint density at radius 3 is 2.76 bits per heavy atom. The molecule has 1 unspecified atom stereocenters. The molecule has 0 bridgehead atoms. The molecule has 0 spiro atoms. The first-order chi connectivity index (χ1) is 9.86. The molecular formula is C13H21N3O4S. The number of amides is 1. The smallest absolute Gasteiger partial charge is 0.241 e. The number of rotatable bonds is 8. The Morgan fingerprint density at radius 2 is 2.14 bits per heavy atom. The fourth-order valence-electron chi connectivity index (χ4n) is 1.56. The van der Waals surface area contributed by atoms with Gasteiger partial charge in [-0.25, -0.2) is 13.1 Å². The maximum absolute atomic E-state index is 12.1. The highest BCUT2D eigenvalue weighted by Gasteiger charge is 2.16. The van der Waals surface area contributed by atoms with Crippen molar-refractivity contribution in [2.24, 2.45) is 5.73 Å². The second kappa shape index (κ2) is 8.08. The van der Waals surface area contributed by atoms with Gasteiger partial charge < -0.3 is 15.8 Å². The minimum absolute atomic E-state index is 0.0852. The van der Waals surface area contributed by atoms with Crippen molar-refractivity contribution in [3.05, 3.63) is 29.8 Å². The zero-order valence-electron chi connectivity index (χ0n) is 12.1. The average molecular weight is 315 g/mol. The summed E-state index contributed by atoms with van der Waals surface area (Å²) >= 11 is 0. The Balaban J connectivity index is 2.65. The summed E-state index contributed by atoms with van der Waals surface area (Å²) in [6, 6.07) is 6.05. The van der Waals surface area contributed by atoms with Gasteiger partial charge in [0, 0.05) is 19.7 Å². The molecule has 0 aromatic heterocycles. The maximum atomic E-state index is 12.1. The van der Waals surface area contributed by atoms with Gasteiger partial charge in [-0.1, -0.05) is 12.1 Å². The van der Waals surface area contributed by atoms with Gasteiger partial charge in [0.05, 0.1) is 18.0 Å². The van der Waals surface area contributed by atoms with Crippen LogP contribution < -0.4 is 15.8 Å². The van der Waals surface area contributed by atoms with Crippen LogP contribution in [0.2, 0.25) is 0 Å². The van der Waals surface area contributed by atoms with E-state index in [-0.39, 0.29) is 17.5 Å². The maximum Gasteiger partial charge on any atom is 0.241 e. The van der Waals surface area contributed by atoms with E-state index in [1.54, 1.807) is 19.1 Å². The van der Waals surface area contributed by atoms with Gasteiger partial charge in [0.2, 0.25) is 15.9 Å². The summed E-state index contributed by atoms with van der Waals surface area (Å²) in [5, 5.41) is 2.53.